The highest BCUT2D eigenvalue weighted by molar-refractivity contribution is 6.44. The fraction of sp³-hybridized carbons (Fsp3) is 0.154. The molecule has 0 aliphatic heterocycles. The molecule has 2 aromatic rings. The second kappa shape index (κ2) is 5.55. The van der Waals surface area contributed by atoms with Crippen LogP contribution < -0.4 is 5.32 Å². The third-order valence-corrected chi connectivity index (χ3v) is 3.36. The number of benzene rings is 1. The number of carbonyl (C=O) groups is 1. The maximum atomic E-state index is 12.1. The molecule has 6 heteroatoms. The van der Waals surface area contributed by atoms with Crippen molar-refractivity contribution in [3.8, 4) is 0 Å². The molecule has 0 radical (unpaired) electrons. The van der Waals surface area contributed by atoms with Crippen LogP contribution in [-0.4, -0.2) is 15.9 Å². The van der Waals surface area contributed by atoms with E-state index in [4.69, 9.17) is 23.2 Å². The average Bonchev–Trinajstić information content (AvgIpc) is 2.34. The normalized spacial score (nSPS) is 10.3. The van der Waals surface area contributed by atoms with Gasteiger partial charge in [-0.1, -0.05) is 29.3 Å². The van der Waals surface area contributed by atoms with Crippen LogP contribution in [0, 0.1) is 13.8 Å². The Morgan fingerprint density at radius 2 is 2.00 bits per heavy atom. The molecule has 98 valence electrons. The number of aryl methyl sites for hydroxylation is 2. The monoisotopic (exact) mass is 295 g/mol. The van der Waals surface area contributed by atoms with Gasteiger partial charge in [0.25, 0.3) is 5.91 Å². The highest BCUT2D eigenvalue weighted by atomic mass is 35.5. The number of rotatable bonds is 2. The second-order valence-corrected chi connectivity index (χ2v) is 4.76. The van der Waals surface area contributed by atoms with Crippen LogP contribution in [0.3, 0.4) is 0 Å². The van der Waals surface area contributed by atoms with Crippen molar-refractivity contribution in [3.05, 3.63) is 51.5 Å². The zero-order valence-corrected chi connectivity index (χ0v) is 11.9. The largest absolute Gasteiger partial charge is 0.320 e. The molecule has 0 bridgehead atoms. The smallest absolute Gasteiger partial charge is 0.259 e. The summed E-state index contributed by atoms with van der Waals surface area (Å²) in [5.41, 5.74) is 1.48. The van der Waals surface area contributed by atoms with Gasteiger partial charge in [0.2, 0.25) is 0 Å². The second-order valence-electron chi connectivity index (χ2n) is 3.97. The van der Waals surface area contributed by atoms with Gasteiger partial charge >= 0.3 is 0 Å². The van der Waals surface area contributed by atoms with Gasteiger partial charge in [-0.2, -0.15) is 0 Å². The highest BCUT2D eigenvalue weighted by Crippen LogP contribution is 2.29. The molecule has 1 aromatic carbocycles. The Bertz CT molecular complexity index is 644. The van der Waals surface area contributed by atoms with Gasteiger partial charge < -0.3 is 5.32 Å². The Hall–Kier alpha value is -1.65. The first kappa shape index (κ1) is 13.8. The zero-order chi connectivity index (χ0) is 14.0. The van der Waals surface area contributed by atoms with Gasteiger partial charge in [-0.15, -0.1) is 0 Å². The number of hydrogen-bond acceptors (Lipinski definition) is 3. The number of aromatic nitrogens is 2. The molecule has 2 rings (SSSR count). The third-order valence-electron chi connectivity index (χ3n) is 2.54. The van der Waals surface area contributed by atoms with E-state index in [9.17, 15) is 4.79 Å². The standard InChI is InChI=1S/C13H11Cl2N3O/c1-7-9(6-16-8(2)17-7)13(19)18-11-5-3-4-10(14)12(11)15/h3-6H,1-2H3,(H,18,19). The summed E-state index contributed by atoms with van der Waals surface area (Å²) in [4.78, 5) is 20.3. The van der Waals surface area contributed by atoms with Crippen molar-refractivity contribution >= 4 is 34.8 Å². The molecule has 1 heterocycles. The number of nitrogens with zero attached hydrogens (tertiary/aromatic N) is 2. The molecule has 0 atom stereocenters. The van der Waals surface area contributed by atoms with E-state index >= 15 is 0 Å². The predicted molar refractivity (Wildman–Crippen MR) is 75.9 cm³/mol. The highest BCUT2D eigenvalue weighted by Gasteiger charge is 2.13. The van der Waals surface area contributed by atoms with Crippen LogP contribution in [-0.2, 0) is 0 Å². The molecule has 0 fully saturated rings. The molecule has 1 N–H and O–H groups in total. The number of anilines is 1. The number of hydrogen-bond donors (Lipinski definition) is 1. The number of amides is 1. The van der Waals surface area contributed by atoms with Gasteiger partial charge in [0.1, 0.15) is 5.82 Å². The summed E-state index contributed by atoms with van der Waals surface area (Å²) in [5, 5.41) is 3.39. The van der Waals surface area contributed by atoms with Crippen LogP contribution in [0.5, 0.6) is 0 Å². The first-order valence-corrected chi connectivity index (χ1v) is 6.30. The van der Waals surface area contributed by atoms with Gasteiger partial charge in [0, 0.05) is 6.20 Å². The predicted octanol–water partition coefficient (Wildman–Crippen LogP) is 3.65. The number of halogens is 2. The molecule has 0 aliphatic rings. The van der Waals surface area contributed by atoms with Gasteiger partial charge in [-0.3, -0.25) is 4.79 Å². The van der Waals surface area contributed by atoms with Gasteiger partial charge in [0.15, 0.2) is 0 Å². The maximum Gasteiger partial charge on any atom is 0.259 e. The van der Waals surface area contributed by atoms with E-state index in [0.717, 1.165) is 0 Å². The van der Waals surface area contributed by atoms with Crippen molar-refractivity contribution in [1.29, 1.82) is 0 Å². The zero-order valence-electron chi connectivity index (χ0n) is 10.4. The number of carbonyl (C=O) groups excluding carboxylic acids is 1. The third kappa shape index (κ3) is 3.03. The molecule has 0 spiro atoms. The molecule has 0 saturated carbocycles. The minimum Gasteiger partial charge on any atom is -0.320 e. The molecule has 0 saturated heterocycles. The van der Waals surface area contributed by atoms with Crippen molar-refractivity contribution in [2.75, 3.05) is 5.32 Å². The molecular weight excluding hydrogens is 285 g/mol. The lowest BCUT2D eigenvalue weighted by Crippen LogP contribution is -2.15. The Kier molecular flexibility index (Phi) is 4.02. The molecule has 1 amide bonds. The van der Waals surface area contributed by atoms with E-state index in [1.165, 1.54) is 6.20 Å². The lowest BCUT2D eigenvalue weighted by molar-refractivity contribution is 0.102. The van der Waals surface area contributed by atoms with Crippen molar-refractivity contribution in [2.45, 2.75) is 13.8 Å². The summed E-state index contributed by atoms with van der Waals surface area (Å²) in [6.45, 7) is 3.52. The van der Waals surface area contributed by atoms with E-state index in [1.807, 2.05) is 0 Å². The summed E-state index contributed by atoms with van der Waals surface area (Å²) >= 11 is 11.9. The quantitative estimate of drug-likeness (QED) is 0.920. The average molecular weight is 296 g/mol. The topological polar surface area (TPSA) is 54.9 Å². The summed E-state index contributed by atoms with van der Waals surface area (Å²) in [7, 11) is 0. The minimum atomic E-state index is -0.318. The van der Waals surface area contributed by atoms with Crippen molar-refractivity contribution < 1.29 is 4.79 Å². The molecular formula is C13H11Cl2N3O. The van der Waals surface area contributed by atoms with Crippen molar-refractivity contribution in [2.24, 2.45) is 0 Å². The lowest BCUT2D eigenvalue weighted by atomic mass is 10.2. The molecule has 19 heavy (non-hydrogen) atoms. The fourth-order valence-corrected chi connectivity index (χ4v) is 1.94. The Morgan fingerprint density at radius 1 is 1.26 bits per heavy atom. The van der Waals surface area contributed by atoms with Crippen LogP contribution in [0.25, 0.3) is 0 Å². The molecule has 1 aromatic heterocycles. The fourth-order valence-electron chi connectivity index (χ4n) is 1.60. The lowest BCUT2D eigenvalue weighted by Gasteiger charge is -2.09. The molecule has 0 aliphatic carbocycles. The SMILES string of the molecule is Cc1ncc(C(=O)Nc2cccc(Cl)c2Cl)c(C)n1. The van der Waals surface area contributed by atoms with E-state index < -0.39 is 0 Å². The summed E-state index contributed by atoms with van der Waals surface area (Å²) < 4.78 is 0. The van der Waals surface area contributed by atoms with Crippen molar-refractivity contribution in [3.63, 3.8) is 0 Å². The molecule has 0 unspecified atom stereocenters. The Morgan fingerprint density at radius 3 is 2.68 bits per heavy atom. The van der Waals surface area contributed by atoms with E-state index in [1.54, 1.807) is 32.0 Å². The molecule has 4 nitrogen and oxygen atoms in total. The Labute approximate surface area is 120 Å². The Balaban J connectivity index is 2.28. The first-order chi connectivity index (χ1) is 8.99. The number of nitrogens with one attached hydrogen (secondary N) is 1. The first-order valence-electron chi connectivity index (χ1n) is 5.54. The van der Waals surface area contributed by atoms with Gasteiger partial charge in [-0.25, -0.2) is 9.97 Å². The minimum absolute atomic E-state index is 0.309. The van der Waals surface area contributed by atoms with E-state index in [2.05, 4.69) is 15.3 Å². The van der Waals surface area contributed by atoms with Crippen LogP contribution in [0.1, 0.15) is 21.9 Å². The van der Waals surface area contributed by atoms with Crippen LogP contribution in [0.4, 0.5) is 5.69 Å². The van der Waals surface area contributed by atoms with Gasteiger partial charge in [-0.05, 0) is 26.0 Å². The summed E-state index contributed by atoms with van der Waals surface area (Å²) in [6.07, 6.45) is 1.49. The summed E-state index contributed by atoms with van der Waals surface area (Å²) in [5.74, 6) is 0.302. The van der Waals surface area contributed by atoms with Crippen LogP contribution >= 0.6 is 23.2 Å². The van der Waals surface area contributed by atoms with E-state index in [-0.39, 0.29) is 5.91 Å². The maximum absolute atomic E-state index is 12.1. The van der Waals surface area contributed by atoms with E-state index in [0.29, 0.717) is 32.8 Å². The summed E-state index contributed by atoms with van der Waals surface area (Å²) in [6, 6.07) is 5.04. The van der Waals surface area contributed by atoms with Crippen LogP contribution in [0.2, 0.25) is 10.0 Å². The van der Waals surface area contributed by atoms with Crippen LogP contribution in [0.15, 0.2) is 24.4 Å². The van der Waals surface area contributed by atoms with Gasteiger partial charge in [0.05, 0.1) is 27.0 Å². The van der Waals surface area contributed by atoms with Crippen molar-refractivity contribution in [1.82, 2.24) is 9.97 Å².